The number of nitrogens with zero attached hydrogens (tertiary/aromatic N) is 2. The Bertz CT molecular complexity index is 1480. The summed E-state index contributed by atoms with van der Waals surface area (Å²) in [5, 5.41) is 4.64. The zero-order chi connectivity index (χ0) is 23.8. The molecule has 0 atom stereocenters. The van der Waals surface area contributed by atoms with E-state index in [1.807, 2.05) is 38.1 Å². The summed E-state index contributed by atoms with van der Waals surface area (Å²) in [5.41, 5.74) is 7.74. The van der Waals surface area contributed by atoms with E-state index in [2.05, 4.69) is 86.4 Å². The first-order chi connectivity index (χ1) is 16.4. The van der Waals surface area contributed by atoms with E-state index in [0.29, 0.717) is 10.1 Å². The van der Waals surface area contributed by atoms with Gasteiger partial charge in [0.15, 0.2) is 5.17 Å². The molecule has 0 saturated carbocycles. The predicted molar refractivity (Wildman–Crippen MR) is 147 cm³/mol. The number of carbonyl (C=O) groups is 1. The summed E-state index contributed by atoms with van der Waals surface area (Å²) < 4.78 is 3.33. The lowest BCUT2D eigenvalue weighted by Gasteiger charge is -2.06. The third-order valence-corrected chi connectivity index (χ3v) is 8.00. The fourth-order valence-corrected chi connectivity index (χ4v) is 5.32. The summed E-state index contributed by atoms with van der Waals surface area (Å²) in [6.45, 7) is 6.97. The van der Waals surface area contributed by atoms with Crippen molar-refractivity contribution in [3.8, 4) is 0 Å². The maximum absolute atomic E-state index is 12.7. The number of hydrogen-bond donors (Lipinski definition) is 1. The molecule has 1 aliphatic heterocycles. The highest BCUT2D eigenvalue weighted by molar-refractivity contribution is 9.10. The molecule has 0 spiro atoms. The summed E-state index contributed by atoms with van der Waals surface area (Å²) >= 11 is 4.97. The predicted octanol–water partition coefficient (Wildman–Crippen LogP) is 7.27. The summed E-state index contributed by atoms with van der Waals surface area (Å²) in [7, 11) is 0. The Morgan fingerprint density at radius 1 is 1.03 bits per heavy atom. The number of benzene rings is 3. The summed E-state index contributed by atoms with van der Waals surface area (Å²) in [5.74, 6) is -0.121. The van der Waals surface area contributed by atoms with Crippen LogP contribution in [0.25, 0.3) is 17.0 Å². The monoisotopic (exact) mass is 529 g/mol. The summed E-state index contributed by atoms with van der Waals surface area (Å²) in [4.78, 5) is 18.1. The first-order valence-corrected chi connectivity index (χ1v) is 12.7. The molecular formula is C28H24BrN3OS. The number of aryl methyl sites for hydroxylation is 3. The summed E-state index contributed by atoms with van der Waals surface area (Å²) in [6, 6.07) is 20.9. The Labute approximate surface area is 211 Å². The van der Waals surface area contributed by atoms with Crippen molar-refractivity contribution >= 4 is 61.4 Å². The fourth-order valence-electron chi connectivity index (χ4n) is 4.25. The molecule has 4 aromatic rings. The van der Waals surface area contributed by atoms with E-state index in [1.165, 1.54) is 22.9 Å². The zero-order valence-electron chi connectivity index (χ0n) is 19.2. The number of amidine groups is 1. The lowest BCUT2D eigenvalue weighted by atomic mass is 10.1. The van der Waals surface area contributed by atoms with Crippen molar-refractivity contribution in [2.45, 2.75) is 27.3 Å². The molecule has 1 amide bonds. The van der Waals surface area contributed by atoms with Crippen LogP contribution in [0.2, 0.25) is 0 Å². The first kappa shape index (κ1) is 22.7. The van der Waals surface area contributed by atoms with Crippen LogP contribution >= 0.6 is 27.7 Å². The second-order valence-electron chi connectivity index (χ2n) is 8.59. The number of fused-ring (bicyclic) bond motifs is 1. The Hall–Kier alpha value is -3.09. The van der Waals surface area contributed by atoms with Crippen molar-refractivity contribution in [2.75, 3.05) is 0 Å². The Kier molecular flexibility index (Phi) is 6.19. The zero-order valence-corrected chi connectivity index (χ0v) is 21.6. The topological polar surface area (TPSA) is 46.4 Å². The molecule has 5 rings (SSSR count). The minimum absolute atomic E-state index is 0.121. The molecule has 0 aliphatic carbocycles. The van der Waals surface area contributed by atoms with Crippen molar-refractivity contribution in [3.05, 3.63) is 104 Å². The number of nitrogens with one attached hydrogen (secondary N) is 1. The fraction of sp³-hybridized carbons (Fsp3) is 0.143. The van der Waals surface area contributed by atoms with Crippen LogP contribution in [0.1, 0.15) is 27.8 Å². The quantitative estimate of drug-likeness (QED) is 0.282. The molecule has 1 N–H and O–H groups in total. The maximum atomic E-state index is 12.7. The van der Waals surface area contributed by atoms with Gasteiger partial charge in [-0.2, -0.15) is 0 Å². The van der Waals surface area contributed by atoms with Gasteiger partial charge in [-0.15, -0.1) is 0 Å². The van der Waals surface area contributed by atoms with Gasteiger partial charge < -0.3 is 9.88 Å². The van der Waals surface area contributed by atoms with Crippen LogP contribution in [0.4, 0.5) is 5.69 Å². The van der Waals surface area contributed by atoms with Crippen LogP contribution < -0.4 is 5.32 Å². The molecular weight excluding hydrogens is 506 g/mol. The molecule has 2 heterocycles. The highest BCUT2D eigenvalue weighted by atomic mass is 79.9. The molecule has 34 heavy (non-hydrogen) atoms. The van der Waals surface area contributed by atoms with Crippen molar-refractivity contribution in [2.24, 2.45) is 4.99 Å². The van der Waals surface area contributed by atoms with Gasteiger partial charge in [-0.05, 0) is 73.5 Å². The van der Waals surface area contributed by atoms with E-state index in [1.54, 1.807) is 0 Å². The summed E-state index contributed by atoms with van der Waals surface area (Å²) in [6.07, 6.45) is 4.10. The molecule has 0 radical (unpaired) electrons. The minimum atomic E-state index is -0.121. The van der Waals surface area contributed by atoms with Gasteiger partial charge in [0.2, 0.25) is 0 Å². The highest BCUT2D eigenvalue weighted by Crippen LogP contribution is 2.33. The molecule has 1 fully saturated rings. The SMILES string of the molecule is Cc1cccc(Cn2cc(/C=C3\SC(=Nc4cc(C)c(Br)c(C)c4)NC3=O)c3ccccc32)c1. The van der Waals surface area contributed by atoms with Crippen molar-refractivity contribution < 1.29 is 4.79 Å². The standard InChI is InChI=1S/C28H24BrN3OS/c1-17-7-6-8-20(11-17)15-32-16-21(23-9-4-5-10-24(23)32)14-25-27(33)31-28(34-25)30-22-12-18(2)26(29)19(3)13-22/h4-14,16H,15H2,1-3H3,(H,30,31,33)/b25-14-. The van der Waals surface area contributed by atoms with Gasteiger partial charge in [-0.25, -0.2) is 4.99 Å². The van der Waals surface area contributed by atoms with Crippen molar-refractivity contribution in [1.82, 2.24) is 9.88 Å². The molecule has 4 nitrogen and oxygen atoms in total. The Balaban J connectivity index is 1.47. The van der Waals surface area contributed by atoms with Crippen molar-refractivity contribution in [1.29, 1.82) is 0 Å². The van der Waals surface area contributed by atoms with Crippen LogP contribution in [-0.4, -0.2) is 15.6 Å². The van der Waals surface area contributed by atoms with Gasteiger partial charge in [0.25, 0.3) is 5.91 Å². The third-order valence-electron chi connectivity index (χ3n) is 5.84. The van der Waals surface area contributed by atoms with Crippen molar-refractivity contribution in [3.63, 3.8) is 0 Å². The van der Waals surface area contributed by atoms with Gasteiger partial charge in [0.1, 0.15) is 0 Å². The lowest BCUT2D eigenvalue weighted by Crippen LogP contribution is -2.19. The number of aromatic nitrogens is 1. The molecule has 6 heteroatoms. The van der Waals surface area contributed by atoms with E-state index in [9.17, 15) is 4.79 Å². The number of thioether (sulfide) groups is 1. The van der Waals surface area contributed by atoms with E-state index >= 15 is 0 Å². The normalized spacial score (nSPS) is 16.1. The Morgan fingerprint density at radius 3 is 2.56 bits per heavy atom. The van der Waals surface area contributed by atoms with Gasteiger partial charge in [-0.1, -0.05) is 64.0 Å². The number of para-hydroxylation sites is 1. The number of rotatable bonds is 4. The number of hydrogen-bond acceptors (Lipinski definition) is 3. The molecule has 1 aliphatic rings. The average molecular weight is 530 g/mol. The second kappa shape index (κ2) is 9.28. The first-order valence-electron chi connectivity index (χ1n) is 11.1. The van der Waals surface area contributed by atoms with Crippen LogP contribution in [-0.2, 0) is 11.3 Å². The van der Waals surface area contributed by atoms with Gasteiger partial charge in [0.05, 0.1) is 10.6 Å². The molecule has 0 unspecified atom stereocenters. The van der Waals surface area contributed by atoms with E-state index in [-0.39, 0.29) is 5.91 Å². The second-order valence-corrected chi connectivity index (χ2v) is 10.4. The number of aliphatic imine (C=N–C) groups is 1. The van der Waals surface area contributed by atoms with Crippen LogP contribution in [0.5, 0.6) is 0 Å². The number of halogens is 1. The smallest absolute Gasteiger partial charge is 0.264 e. The molecule has 170 valence electrons. The molecule has 0 bridgehead atoms. The number of carbonyl (C=O) groups excluding carboxylic acids is 1. The third kappa shape index (κ3) is 4.61. The lowest BCUT2D eigenvalue weighted by molar-refractivity contribution is -0.115. The van der Waals surface area contributed by atoms with Gasteiger partial charge >= 0.3 is 0 Å². The van der Waals surface area contributed by atoms with E-state index < -0.39 is 0 Å². The van der Waals surface area contributed by atoms with E-state index in [0.717, 1.165) is 44.3 Å². The van der Waals surface area contributed by atoms with Crippen LogP contribution in [0, 0.1) is 20.8 Å². The Morgan fingerprint density at radius 2 is 1.79 bits per heavy atom. The minimum Gasteiger partial charge on any atom is -0.342 e. The van der Waals surface area contributed by atoms with Crippen LogP contribution in [0.15, 0.2) is 81.2 Å². The maximum Gasteiger partial charge on any atom is 0.264 e. The molecule has 1 saturated heterocycles. The largest absolute Gasteiger partial charge is 0.342 e. The van der Waals surface area contributed by atoms with Crippen LogP contribution in [0.3, 0.4) is 0 Å². The average Bonchev–Trinajstić information content (AvgIpc) is 3.32. The number of amides is 1. The van der Waals surface area contributed by atoms with E-state index in [4.69, 9.17) is 0 Å². The molecule has 3 aromatic carbocycles. The van der Waals surface area contributed by atoms with Gasteiger partial charge in [-0.3, -0.25) is 4.79 Å². The molecule has 1 aromatic heterocycles. The van der Waals surface area contributed by atoms with Gasteiger partial charge in [0, 0.05) is 33.7 Å². The highest BCUT2D eigenvalue weighted by Gasteiger charge is 2.24.